The predicted octanol–water partition coefficient (Wildman–Crippen LogP) is 6.47. The van der Waals surface area contributed by atoms with E-state index in [0.29, 0.717) is 23.6 Å². The Kier molecular flexibility index (Phi) is 6.48. The van der Waals surface area contributed by atoms with Crippen LogP contribution >= 0.6 is 23.2 Å². The molecule has 0 fully saturated rings. The first-order valence-corrected chi connectivity index (χ1v) is 10.7. The fraction of sp³-hybridized carbons (Fsp3) is 0.174. The van der Waals surface area contributed by atoms with Gasteiger partial charge in [-0.15, -0.1) is 5.11 Å². The van der Waals surface area contributed by atoms with Gasteiger partial charge in [0.25, 0.3) is 5.91 Å². The zero-order valence-electron chi connectivity index (χ0n) is 17.5. The van der Waals surface area contributed by atoms with Crippen molar-refractivity contribution in [1.82, 2.24) is 14.5 Å². The van der Waals surface area contributed by atoms with Gasteiger partial charge in [0.05, 0.1) is 32.9 Å². The van der Waals surface area contributed by atoms with Crippen LogP contribution in [0.15, 0.2) is 71.0 Å². The lowest BCUT2D eigenvalue weighted by molar-refractivity contribution is 0.102. The fourth-order valence-electron chi connectivity index (χ4n) is 3.37. The third-order valence-corrected chi connectivity index (χ3v) is 5.49. The number of carbonyl (C=O) groups excluding carboxylic acids is 1. The predicted molar refractivity (Wildman–Crippen MR) is 127 cm³/mol. The first-order chi connectivity index (χ1) is 15.4. The maximum Gasteiger partial charge on any atom is 0.258 e. The standard InChI is InChI=1S/C23H20Cl2N6O/c1-14(29-30-20-11-3-4-12-26-20)13-31-15(2)27-22-18(9-6-10-19(22)31)28-23(32)21-16(24)7-5-8-17(21)25/h3-12,14H,13H2,1-2H3,(H,28,32). The molecule has 0 bridgehead atoms. The van der Waals surface area contributed by atoms with Gasteiger partial charge in [0, 0.05) is 12.7 Å². The Morgan fingerprint density at radius 2 is 1.84 bits per heavy atom. The molecule has 1 amide bonds. The number of pyridine rings is 1. The van der Waals surface area contributed by atoms with Crippen molar-refractivity contribution in [3.8, 4) is 0 Å². The average Bonchev–Trinajstić information content (AvgIpc) is 3.09. The Morgan fingerprint density at radius 3 is 2.56 bits per heavy atom. The minimum Gasteiger partial charge on any atom is -0.326 e. The van der Waals surface area contributed by atoms with E-state index in [1.165, 1.54) is 0 Å². The number of hydrogen-bond donors (Lipinski definition) is 1. The highest BCUT2D eigenvalue weighted by atomic mass is 35.5. The molecule has 4 aromatic rings. The lowest BCUT2D eigenvalue weighted by Gasteiger charge is -2.11. The summed E-state index contributed by atoms with van der Waals surface area (Å²) in [6.07, 6.45) is 1.68. The maximum absolute atomic E-state index is 12.8. The van der Waals surface area contributed by atoms with E-state index in [0.717, 1.165) is 11.3 Å². The lowest BCUT2D eigenvalue weighted by atomic mass is 10.2. The monoisotopic (exact) mass is 466 g/mol. The van der Waals surface area contributed by atoms with Gasteiger partial charge in [-0.3, -0.25) is 4.79 Å². The van der Waals surface area contributed by atoms with Gasteiger partial charge in [-0.2, -0.15) is 5.11 Å². The molecule has 32 heavy (non-hydrogen) atoms. The quantitative estimate of drug-likeness (QED) is 0.330. The van der Waals surface area contributed by atoms with E-state index in [1.807, 2.05) is 38.1 Å². The van der Waals surface area contributed by atoms with Gasteiger partial charge < -0.3 is 9.88 Å². The van der Waals surface area contributed by atoms with Crippen molar-refractivity contribution in [2.45, 2.75) is 26.4 Å². The van der Waals surface area contributed by atoms with E-state index in [4.69, 9.17) is 23.2 Å². The summed E-state index contributed by atoms with van der Waals surface area (Å²) in [6, 6.07) is 16.0. The van der Waals surface area contributed by atoms with Crippen LogP contribution in [0.1, 0.15) is 23.1 Å². The number of rotatable bonds is 6. The minimum absolute atomic E-state index is 0.103. The summed E-state index contributed by atoms with van der Waals surface area (Å²) in [7, 11) is 0. The molecule has 4 rings (SSSR count). The molecule has 2 aromatic heterocycles. The first kappa shape index (κ1) is 21.9. The summed E-state index contributed by atoms with van der Waals surface area (Å²) in [6.45, 7) is 4.47. The number of nitrogens with one attached hydrogen (secondary N) is 1. The molecule has 7 nitrogen and oxygen atoms in total. The molecular weight excluding hydrogens is 447 g/mol. The third-order valence-electron chi connectivity index (χ3n) is 4.86. The summed E-state index contributed by atoms with van der Waals surface area (Å²) in [5.41, 5.74) is 2.36. The Hall–Kier alpha value is -3.29. The van der Waals surface area contributed by atoms with Crippen molar-refractivity contribution in [2.75, 3.05) is 5.32 Å². The zero-order chi connectivity index (χ0) is 22.7. The maximum atomic E-state index is 12.8. The van der Waals surface area contributed by atoms with Gasteiger partial charge >= 0.3 is 0 Å². The number of halogens is 2. The lowest BCUT2D eigenvalue weighted by Crippen LogP contribution is -2.13. The summed E-state index contributed by atoms with van der Waals surface area (Å²) in [5, 5.41) is 12.0. The van der Waals surface area contributed by atoms with Crippen LogP contribution in [0.5, 0.6) is 0 Å². The highest BCUT2D eigenvalue weighted by molar-refractivity contribution is 6.40. The van der Waals surface area contributed by atoms with E-state index in [1.54, 1.807) is 36.5 Å². The second-order valence-corrected chi connectivity index (χ2v) is 8.06. The molecule has 0 aliphatic rings. The fourth-order valence-corrected chi connectivity index (χ4v) is 3.93. The Bertz CT molecular complexity index is 1280. The highest BCUT2D eigenvalue weighted by Crippen LogP contribution is 2.28. The number of fused-ring (bicyclic) bond motifs is 1. The molecule has 0 aliphatic heterocycles. The molecule has 0 spiro atoms. The van der Waals surface area contributed by atoms with Crippen molar-refractivity contribution in [3.05, 3.63) is 82.2 Å². The number of imidazole rings is 1. The molecule has 0 saturated carbocycles. The van der Waals surface area contributed by atoms with Gasteiger partial charge in [-0.1, -0.05) is 41.4 Å². The number of nitrogens with zero attached hydrogens (tertiary/aromatic N) is 5. The number of para-hydroxylation sites is 1. The van der Waals surface area contributed by atoms with E-state index in [-0.39, 0.29) is 21.7 Å². The second-order valence-electron chi connectivity index (χ2n) is 7.25. The summed E-state index contributed by atoms with van der Waals surface area (Å²) in [5.74, 6) is 0.977. The van der Waals surface area contributed by atoms with Crippen LogP contribution in [0.25, 0.3) is 11.0 Å². The van der Waals surface area contributed by atoms with E-state index >= 15 is 0 Å². The van der Waals surface area contributed by atoms with Gasteiger partial charge in [0.1, 0.15) is 11.3 Å². The largest absolute Gasteiger partial charge is 0.326 e. The van der Waals surface area contributed by atoms with Crippen LogP contribution in [-0.4, -0.2) is 26.5 Å². The van der Waals surface area contributed by atoms with Crippen LogP contribution < -0.4 is 5.32 Å². The van der Waals surface area contributed by atoms with Crippen molar-refractivity contribution in [3.63, 3.8) is 0 Å². The minimum atomic E-state index is -0.391. The van der Waals surface area contributed by atoms with E-state index in [9.17, 15) is 4.79 Å². The van der Waals surface area contributed by atoms with Gasteiger partial charge in [0.15, 0.2) is 5.82 Å². The number of aromatic nitrogens is 3. The number of azo groups is 1. The smallest absolute Gasteiger partial charge is 0.258 e. The van der Waals surface area contributed by atoms with Crippen LogP contribution in [-0.2, 0) is 6.54 Å². The van der Waals surface area contributed by atoms with Crippen molar-refractivity contribution in [1.29, 1.82) is 0 Å². The van der Waals surface area contributed by atoms with Crippen LogP contribution in [0.4, 0.5) is 11.5 Å². The van der Waals surface area contributed by atoms with Crippen molar-refractivity contribution >= 4 is 51.6 Å². The number of amides is 1. The molecule has 162 valence electrons. The highest BCUT2D eigenvalue weighted by Gasteiger charge is 2.18. The first-order valence-electron chi connectivity index (χ1n) is 9.97. The normalized spacial score (nSPS) is 12.4. The van der Waals surface area contributed by atoms with Gasteiger partial charge in [-0.05, 0) is 50.2 Å². The van der Waals surface area contributed by atoms with E-state index in [2.05, 4.69) is 30.1 Å². The second kappa shape index (κ2) is 9.46. The molecule has 0 aliphatic carbocycles. The summed E-state index contributed by atoms with van der Waals surface area (Å²) >= 11 is 12.4. The molecule has 0 saturated heterocycles. The number of benzene rings is 2. The SMILES string of the molecule is Cc1nc2c(NC(=O)c3c(Cl)cccc3Cl)cccc2n1CC(C)N=Nc1ccccn1. The topological polar surface area (TPSA) is 84.5 Å². The number of anilines is 1. The zero-order valence-corrected chi connectivity index (χ0v) is 19.0. The Labute approximate surface area is 195 Å². The van der Waals surface area contributed by atoms with Crippen LogP contribution in [0.3, 0.4) is 0 Å². The number of carbonyl (C=O) groups is 1. The molecule has 1 atom stereocenters. The van der Waals surface area contributed by atoms with Gasteiger partial charge in [0.2, 0.25) is 0 Å². The summed E-state index contributed by atoms with van der Waals surface area (Å²) < 4.78 is 2.05. The van der Waals surface area contributed by atoms with Crippen molar-refractivity contribution < 1.29 is 4.79 Å². The molecule has 1 unspecified atom stereocenters. The van der Waals surface area contributed by atoms with E-state index < -0.39 is 5.91 Å². The van der Waals surface area contributed by atoms with Crippen LogP contribution in [0, 0.1) is 6.92 Å². The molecule has 1 N–H and O–H groups in total. The Balaban J connectivity index is 1.59. The average molecular weight is 467 g/mol. The molecule has 9 heteroatoms. The molecule has 0 radical (unpaired) electrons. The molecule has 2 aromatic carbocycles. The number of hydrogen-bond acceptors (Lipinski definition) is 5. The molecular formula is C23H20Cl2N6O. The van der Waals surface area contributed by atoms with Crippen molar-refractivity contribution in [2.24, 2.45) is 10.2 Å². The Morgan fingerprint density at radius 1 is 1.09 bits per heavy atom. The molecule has 2 heterocycles. The van der Waals surface area contributed by atoms with Gasteiger partial charge in [-0.25, -0.2) is 9.97 Å². The number of aryl methyl sites for hydroxylation is 1. The summed E-state index contributed by atoms with van der Waals surface area (Å²) in [4.78, 5) is 21.7. The van der Waals surface area contributed by atoms with Crippen LogP contribution in [0.2, 0.25) is 10.0 Å². The third kappa shape index (κ3) is 4.64.